The van der Waals surface area contributed by atoms with Crippen LogP contribution in [0, 0.1) is 0 Å². The number of hydrogen-bond donors (Lipinski definition) is 2. The number of carbonyl (C=O) groups excluding carboxylic acids is 1. The van der Waals surface area contributed by atoms with Crippen molar-refractivity contribution in [3.63, 3.8) is 0 Å². The molecule has 19 heavy (non-hydrogen) atoms. The van der Waals surface area contributed by atoms with Crippen molar-refractivity contribution in [3.8, 4) is 0 Å². The molecule has 0 fully saturated rings. The molecule has 4 nitrogen and oxygen atoms in total. The molecule has 0 atom stereocenters. The molecule has 0 aliphatic carbocycles. The lowest BCUT2D eigenvalue weighted by Gasteiger charge is -2.18. The Labute approximate surface area is 120 Å². The fourth-order valence-electron chi connectivity index (χ4n) is 1.82. The highest BCUT2D eigenvalue weighted by atomic mass is 32.1. The molecule has 0 saturated carbocycles. The van der Waals surface area contributed by atoms with E-state index >= 15 is 0 Å². The van der Waals surface area contributed by atoms with Crippen molar-refractivity contribution in [2.24, 2.45) is 5.73 Å². The van der Waals surface area contributed by atoms with Gasteiger partial charge in [-0.25, -0.2) is 0 Å². The molecule has 1 aromatic carbocycles. The van der Waals surface area contributed by atoms with Gasteiger partial charge >= 0.3 is 0 Å². The second-order valence-electron chi connectivity index (χ2n) is 4.36. The Morgan fingerprint density at radius 1 is 1.42 bits per heavy atom. The Morgan fingerprint density at radius 3 is 2.74 bits per heavy atom. The lowest BCUT2D eigenvalue weighted by atomic mass is 10.2. The van der Waals surface area contributed by atoms with Gasteiger partial charge in [-0.1, -0.05) is 38.2 Å². The number of thiocarbonyl (C=S) groups is 1. The van der Waals surface area contributed by atoms with Gasteiger partial charge in [-0.15, -0.1) is 0 Å². The summed E-state index contributed by atoms with van der Waals surface area (Å²) < 4.78 is 0. The Hall–Kier alpha value is -1.46. The zero-order valence-electron chi connectivity index (χ0n) is 11.5. The quantitative estimate of drug-likeness (QED) is 0.749. The topological polar surface area (TPSA) is 58.4 Å². The monoisotopic (exact) mass is 279 g/mol. The van der Waals surface area contributed by atoms with Gasteiger partial charge in [0.1, 0.15) is 4.99 Å². The van der Waals surface area contributed by atoms with E-state index in [1.54, 1.807) is 6.07 Å². The second kappa shape index (κ2) is 7.86. The summed E-state index contributed by atoms with van der Waals surface area (Å²) >= 11 is 4.92. The lowest BCUT2D eigenvalue weighted by molar-refractivity contribution is -0.117. The molecule has 0 spiro atoms. The average molecular weight is 279 g/mol. The highest BCUT2D eigenvalue weighted by Crippen LogP contribution is 2.10. The molecule has 0 radical (unpaired) electrons. The minimum atomic E-state index is -0.0182. The fraction of sp³-hybridized carbons (Fsp3) is 0.429. The smallest absolute Gasteiger partial charge is 0.238 e. The van der Waals surface area contributed by atoms with Crippen molar-refractivity contribution < 1.29 is 4.79 Å². The maximum Gasteiger partial charge on any atom is 0.238 e. The molecule has 1 aromatic rings. The van der Waals surface area contributed by atoms with Gasteiger partial charge in [0.2, 0.25) is 5.91 Å². The van der Waals surface area contributed by atoms with E-state index in [1.807, 2.05) is 18.2 Å². The molecule has 0 unspecified atom stereocenters. The van der Waals surface area contributed by atoms with E-state index in [0.29, 0.717) is 11.5 Å². The van der Waals surface area contributed by atoms with Crippen molar-refractivity contribution in [3.05, 3.63) is 29.8 Å². The summed E-state index contributed by atoms with van der Waals surface area (Å²) in [5.41, 5.74) is 7.05. The number of anilines is 1. The van der Waals surface area contributed by atoms with Crippen LogP contribution in [-0.2, 0) is 4.79 Å². The van der Waals surface area contributed by atoms with Crippen LogP contribution >= 0.6 is 12.2 Å². The number of amides is 1. The molecule has 0 aliphatic rings. The van der Waals surface area contributed by atoms with Crippen LogP contribution in [0.1, 0.15) is 25.8 Å². The van der Waals surface area contributed by atoms with E-state index < -0.39 is 0 Å². The molecular formula is C14H21N3OS. The van der Waals surface area contributed by atoms with Gasteiger partial charge in [0, 0.05) is 11.3 Å². The summed E-state index contributed by atoms with van der Waals surface area (Å²) in [5.74, 6) is -0.0182. The van der Waals surface area contributed by atoms with Crippen molar-refractivity contribution >= 4 is 28.8 Å². The zero-order chi connectivity index (χ0) is 14.3. The van der Waals surface area contributed by atoms with Crippen LogP contribution in [0.3, 0.4) is 0 Å². The van der Waals surface area contributed by atoms with Gasteiger partial charge in [-0.3, -0.25) is 9.69 Å². The third-order valence-electron chi connectivity index (χ3n) is 2.79. The fourth-order valence-corrected chi connectivity index (χ4v) is 1.95. The molecule has 3 N–H and O–H groups in total. The zero-order valence-corrected chi connectivity index (χ0v) is 12.3. The van der Waals surface area contributed by atoms with E-state index in [2.05, 4.69) is 24.1 Å². The van der Waals surface area contributed by atoms with E-state index in [0.717, 1.165) is 30.8 Å². The molecule has 0 heterocycles. The molecule has 0 aliphatic heterocycles. The first-order chi connectivity index (χ1) is 9.06. The standard InChI is InChI=1S/C14H21N3OS/c1-3-8-17(4-2)10-13(18)16-12-7-5-6-11(9-12)14(15)19/h5-7,9H,3-4,8,10H2,1-2H3,(H2,15,19)(H,16,18). The van der Waals surface area contributed by atoms with Gasteiger partial charge < -0.3 is 11.1 Å². The summed E-state index contributed by atoms with van der Waals surface area (Å²) in [6, 6.07) is 7.27. The molecule has 0 bridgehead atoms. The minimum Gasteiger partial charge on any atom is -0.389 e. The Kier molecular flexibility index (Phi) is 6.45. The van der Waals surface area contributed by atoms with Crippen LogP contribution < -0.4 is 11.1 Å². The Balaban J connectivity index is 2.61. The minimum absolute atomic E-state index is 0.0182. The number of benzene rings is 1. The number of nitrogens with two attached hydrogens (primary N) is 1. The van der Waals surface area contributed by atoms with Gasteiger partial charge in [0.15, 0.2) is 0 Å². The van der Waals surface area contributed by atoms with E-state index in [4.69, 9.17) is 18.0 Å². The van der Waals surface area contributed by atoms with Crippen LogP contribution in [0.2, 0.25) is 0 Å². The molecule has 0 aromatic heterocycles. The van der Waals surface area contributed by atoms with Gasteiger partial charge in [0.25, 0.3) is 0 Å². The first-order valence-electron chi connectivity index (χ1n) is 6.48. The number of carbonyl (C=O) groups is 1. The van der Waals surface area contributed by atoms with Crippen molar-refractivity contribution in [1.29, 1.82) is 0 Å². The summed E-state index contributed by atoms with van der Waals surface area (Å²) in [6.45, 7) is 6.36. The van der Waals surface area contributed by atoms with E-state index in [9.17, 15) is 4.79 Å². The predicted octanol–water partition coefficient (Wildman–Crippen LogP) is 1.99. The van der Waals surface area contributed by atoms with Crippen LogP contribution in [0.5, 0.6) is 0 Å². The molecule has 1 rings (SSSR count). The molecule has 0 saturated heterocycles. The number of nitrogens with one attached hydrogen (secondary N) is 1. The summed E-state index contributed by atoms with van der Waals surface area (Å²) in [5, 5.41) is 2.86. The molecular weight excluding hydrogens is 258 g/mol. The van der Waals surface area contributed by atoms with Crippen LogP contribution in [0.25, 0.3) is 0 Å². The van der Waals surface area contributed by atoms with Gasteiger partial charge in [-0.05, 0) is 31.6 Å². The first-order valence-corrected chi connectivity index (χ1v) is 6.89. The van der Waals surface area contributed by atoms with Crippen molar-refractivity contribution in [2.75, 3.05) is 25.0 Å². The van der Waals surface area contributed by atoms with E-state index in [-0.39, 0.29) is 5.91 Å². The summed E-state index contributed by atoms with van der Waals surface area (Å²) in [7, 11) is 0. The number of nitrogens with zero attached hydrogens (tertiary/aromatic N) is 1. The third-order valence-corrected chi connectivity index (χ3v) is 3.02. The van der Waals surface area contributed by atoms with Crippen LogP contribution in [0.15, 0.2) is 24.3 Å². The van der Waals surface area contributed by atoms with Crippen molar-refractivity contribution in [2.45, 2.75) is 20.3 Å². The lowest BCUT2D eigenvalue weighted by Crippen LogP contribution is -2.33. The summed E-state index contributed by atoms with van der Waals surface area (Å²) in [6.07, 6.45) is 1.04. The first kappa shape index (κ1) is 15.6. The van der Waals surface area contributed by atoms with Gasteiger partial charge in [0.05, 0.1) is 6.54 Å². The average Bonchev–Trinajstić information content (AvgIpc) is 2.38. The Morgan fingerprint density at radius 2 is 2.16 bits per heavy atom. The third kappa shape index (κ3) is 5.36. The number of rotatable bonds is 7. The molecule has 1 amide bonds. The normalized spacial score (nSPS) is 10.5. The SMILES string of the molecule is CCCN(CC)CC(=O)Nc1cccc(C(N)=S)c1. The Bertz CT molecular complexity index is 448. The van der Waals surface area contributed by atoms with E-state index in [1.165, 1.54) is 0 Å². The van der Waals surface area contributed by atoms with Crippen LogP contribution in [0.4, 0.5) is 5.69 Å². The largest absolute Gasteiger partial charge is 0.389 e. The van der Waals surface area contributed by atoms with Gasteiger partial charge in [-0.2, -0.15) is 0 Å². The molecule has 104 valence electrons. The highest BCUT2D eigenvalue weighted by molar-refractivity contribution is 7.80. The summed E-state index contributed by atoms with van der Waals surface area (Å²) in [4.78, 5) is 14.4. The maximum atomic E-state index is 11.9. The second-order valence-corrected chi connectivity index (χ2v) is 4.80. The number of hydrogen-bond acceptors (Lipinski definition) is 3. The predicted molar refractivity (Wildman–Crippen MR) is 83.4 cm³/mol. The molecule has 5 heteroatoms. The van der Waals surface area contributed by atoms with Crippen molar-refractivity contribution in [1.82, 2.24) is 4.90 Å². The maximum absolute atomic E-state index is 11.9. The number of likely N-dealkylation sites (N-methyl/N-ethyl adjacent to an activating group) is 1. The van der Waals surface area contributed by atoms with Crippen LogP contribution in [-0.4, -0.2) is 35.4 Å². The highest BCUT2D eigenvalue weighted by Gasteiger charge is 2.08.